The molecule has 0 aromatic carbocycles. The van der Waals surface area contributed by atoms with E-state index in [4.69, 9.17) is 10.8 Å². The van der Waals surface area contributed by atoms with Gasteiger partial charge in [0.2, 0.25) is 5.91 Å². The number of aryl methyl sites for hydroxylation is 1. The maximum absolute atomic E-state index is 12.3. The van der Waals surface area contributed by atoms with Gasteiger partial charge in [0.1, 0.15) is 17.5 Å². The Morgan fingerprint density at radius 3 is 2.75 bits per heavy atom. The molecule has 1 saturated heterocycles. The zero-order chi connectivity index (χ0) is 17.6. The normalized spacial score (nSPS) is 27.0. The molecule has 0 saturated carbocycles. The van der Waals surface area contributed by atoms with E-state index >= 15 is 0 Å². The number of rotatable bonds is 4. The minimum atomic E-state index is -1.04. The fourth-order valence-corrected chi connectivity index (χ4v) is 4.92. The second-order valence-corrected chi connectivity index (χ2v) is 8.20. The predicted octanol–water partition coefficient (Wildman–Crippen LogP) is 0.813. The van der Waals surface area contributed by atoms with E-state index in [0.717, 1.165) is 10.4 Å². The number of carboxylic acids is 1. The van der Waals surface area contributed by atoms with Crippen molar-refractivity contribution in [3.63, 3.8) is 0 Å². The summed E-state index contributed by atoms with van der Waals surface area (Å²) in [6.45, 7) is 3.69. The highest BCUT2D eigenvalue weighted by atomic mass is 32.2. The zero-order valence-corrected chi connectivity index (χ0v) is 14.7. The van der Waals surface area contributed by atoms with Crippen molar-refractivity contribution in [3.05, 3.63) is 33.7 Å². The molecule has 4 N–H and O–H groups in total. The summed E-state index contributed by atoms with van der Waals surface area (Å²) in [6.07, 6.45) is 1.36. The fraction of sp³-hybridized carbons (Fsp3) is 0.400. The molecule has 9 heteroatoms. The molecule has 2 amide bonds. The lowest BCUT2D eigenvalue weighted by Gasteiger charge is -2.48. The number of aliphatic carboxylic acids is 1. The minimum Gasteiger partial charge on any atom is -0.478 e. The maximum Gasteiger partial charge on any atom is 0.334 e. The molecule has 24 heavy (non-hydrogen) atoms. The number of fused-ring (bicyclic) bond motifs is 1. The molecule has 4 atom stereocenters. The fourth-order valence-electron chi connectivity index (χ4n) is 2.66. The van der Waals surface area contributed by atoms with Crippen molar-refractivity contribution in [3.8, 4) is 0 Å². The monoisotopic (exact) mass is 367 g/mol. The van der Waals surface area contributed by atoms with Crippen molar-refractivity contribution < 1.29 is 19.5 Å². The second-order valence-electron chi connectivity index (χ2n) is 5.79. The summed E-state index contributed by atoms with van der Waals surface area (Å²) < 4.78 is 0. The van der Waals surface area contributed by atoms with Crippen molar-refractivity contribution in [2.75, 3.05) is 0 Å². The molecular formula is C15H17N3O4S2. The van der Waals surface area contributed by atoms with Gasteiger partial charge in [-0.05, 0) is 30.9 Å². The third-order valence-corrected chi connectivity index (χ3v) is 6.60. The summed E-state index contributed by atoms with van der Waals surface area (Å²) in [5.74, 6) is -1.76. The molecule has 0 radical (unpaired) electrons. The van der Waals surface area contributed by atoms with Crippen LogP contribution >= 0.6 is 23.1 Å². The number of carboxylic acid groups (broad SMARTS) is 1. The number of hydrogen-bond donors (Lipinski definition) is 3. The van der Waals surface area contributed by atoms with E-state index < -0.39 is 24.0 Å². The standard InChI is InChI=1S/C15H17N3O4S2/c1-6-3-9(23-5-6)10(16)12(19)17-11-13(20)18-4-8(15(21)22)7(2)24-14(11)18/h3-5,7,10-11,14H,16H2,1-2H3,(H,17,19)(H,21,22)/t7?,10?,11?,14-/m1/s1. The van der Waals surface area contributed by atoms with Crippen LogP contribution in [0.4, 0.5) is 0 Å². The van der Waals surface area contributed by atoms with Crippen molar-refractivity contribution in [1.82, 2.24) is 10.2 Å². The lowest BCUT2D eigenvalue weighted by Crippen LogP contribution is -2.69. The van der Waals surface area contributed by atoms with Crippen LogP contribution < -0.4 is 11.1 Å². The van der Waals surface area contributed by atoms with Crippen LogP contribution in [-0.2, 0) is 14.4 Å². The highest BCUT2D eigenvalue weighted by molar-refractivity contribution is 8.00. The predicted molar refractivity (Wildman–Crippen MR) is 91.3 cm³/mol. The van der Waals surface area contributed by atoms with Crippen LogP contribution in [0, 0.1) is 6.92 Å². The molecule has 0 bridgehead atoms. The summed E-state index contributed by atoms with van der Waals surface area (Å²) in [6, 6.07) is 0.355. The van der Waals surface area contributed by atoms with Gasteiger partial charge < -0.3 is 21.1 Å². The van der Waals surface area contributed by atoms with Crippen LogP contribution in [0.1, 0.15) is 23.4 Å². The molecule has 2 aliphatic heterocycles. The number of thiophene rings is 1. The average Bonchev–Trinajstić information content (AvgIpc) is 2.97. The summed E-state index contributed by atoms with van der Waals surface area (Å²) in [5, 5.41) is 13.2. The molecule has 1 fully saturated rings. The number of thioether (sulfide) groups is 1. The molecule has 0 spiro atoms. The summed E-state index contributed by atoms with van der Waals surface area (Å²) >= 11 is 2.75. The van der Waals surface area contributed by atoms with Crippen LogP contribution in [0.3, 0.4) is 0 Å². The Morgan fingerprint density at radius 2 is 2.17 bits per heavy atom. The van der Waals surface area contributed by atoms with Gasteiger partial charge in [-0.15, -0.1) is 23.1 Å². The van der Waals surface area contributed by atoms with Gasteiger partial charge >= 0.3 is 5.97 Å². The Bertz CT molecular complexity index is 745. The van der Waals surface area contributed by atoms with Gasteiger partial charge in [-0.3, -0.25) is 9.59 Å². The van der Waals surface area contributed by atoms with Crippen molar-refractivity contribution in [1.29, 1.82) is 0 Å². The van der Waals surface area contributed by atoms with Crippen LogP contribution in [0.15, 0.2) is 23.2 Å². The number of carbonyl (C=O) groups excluding carboxylic acids is 2. The number of hydrogen-bond acceptors (Lipinski definition) is 6. The summed E-state index contributed by atoms with van der Waals surface area (Å²) in [4.78, 5) is 37.8. The topological polar surface area (TPSA) is 113 Å². The van der Waals surface area contributed by atoms with Crippen LogP contribution in [0.25, 0.3) is 0 Å². The lowest BCUT2D eigenvalue weighted by atomic mass is 10.0. The SMILES string of the molecule is Cc1csc(C(N)C(=O)NC2C(=O)N3C=C(C(=O)O)C(C)S[C@H]23)c1. The Balaban J connectivity index is 1.69. The van der Waals surface area contributed by atoms with E-state index in [0.29, 0.717) is 0 Å². The maximum atomic E-state index is 12.3. The summed E-state index contributed by atoms with van der Waals surface area (Å²) in [5.41, 5.74) is 7.17. The Kier molecular flexibility index (Phi) is 4.41. The van der Waals surface area contributed by atoms with Gasteiger partial charge in [-0.2, -0.15) is 0 Å². The number of nitrogens with zero attached hydrogens (tertiary/aromatic N) is 1. The van der Waals surface area contributed by atoms with Crippen molar-refractivity contribution >= 4 is 40.9 Å². The van der Waals surface area contributed by atoms with Crippen LogP contribution in [0.5, 0.6) is 0 Å². The van der Waals surface area contributed by atoms with E-state index in [9.17, 15) is 14.4 Å². The molecule has 7 nitrogen and oxygen atoms in total. The number of amides is 2. The van der Waals surface area contributed by atoms with Gasteiger partial charge in [-0.1, -0.05) is 0 Å². The second kappa shape index (κ2) is 6.23. The Morgan fingerprint density at radius 1 is 1.46 bits per heavy atom. The highest BCUT2D eigenvalue weighted by Crippen LogP contribution is 2.40. The highest BCUT2D eigenvalue weighted by Gasteiger charge is 2.51. The average molecular weight is 367 g/mol. The first-order chi connectivity index (χ1) is 11.3. The van der Waals surface area contributed by atoms with Crippen molar-refractivity contribution in [2.45, 2.75) is 36.6 Å². The Labute approximate surface area is 146 Å². The van der Waals surface area contributed by atoms with Gasteiger partial charge in [0.25, 0.3) is 5.91 Å². The third-order valence-electron chi connectivity index (χ3n) is 4.02. The molecule has 3 rings (SSSR count). The van der Waals surface area contributed by atoms with E-state index in [1.165, 1.54) is 34.2 Å². The van der Waals surface area contributed by atoms with E-state index in [1.807, 2.05) is 18.4 Å². The largest absolute Gasteiger partial charge is 0.478 e. The quantitative estimate of drug-likeness (QED) is 0.679. The molecule has 3 unspecified atom stereocenters. The van der Waals surface area contributed by atoms with Crippen LogP contribution in [0.2, 0.25) is 0 Å². The first-order valence-electron chi connectivity index (χ1n) is 7.33. The smallest absolute Gasteiger partial charge is 0.334 e. The molecule has 0 aliphatic carbocycles. The zero-order valence-electron chi connectivity index (χ0n) is 13.1. The molecule has 3 heterocycles. The van der Waals surface area contributed by atoms with Gasteiger partial charge in [0.15, 0.2) is 0 Å². The van der Waals surface area contributed by atoms with E-state index in [-0.39, 0.29) is 22.1 Å². The number of nitrogens with one attached hydrogen (secondary N) is 1. The van der Waals surface area contributed by atoms with E-state index in [1.54, 1.807) is 6.92 Å². The molecule has 1 aromatic rings. The number of β-lactam (4-membered cyclic amide) rings is 1. The first-order valence-corrected chi connectivity index (χ1v) is 9.15. The van der Waals surface area contributed by atoms with Gasteiger partial charge in [-0.25, -0.2) is 4.79 Å². The van der Waals surface area contributed by atoms with Gasteiger partial charge in [0.05, 0.1) is 5.57 Å². The third kappa shape index (κ3) is 2.83. The molecule has 128 valence electrons. The lowest BCUT2D eigenvalue weighted by molar-refractivity contribution is -0.145. The molecule has 2 aliphatic rings. The number of carbonyl (C=O) groups is 3. The molecular weight excluding hydrogens is 350 g/mol. The summed E-state index contributed by atoms with van der Waals surface area (Å²) in [7, 11) is 0. The van der Waals surface area contributed by atoms with E-state index in [2.05, 4.69) is 5.32 Å². The Hall–Kier alpha value is -1.84. The number of nitrogens with two attached hydrogens (primary N) is 1. The van der Waals surface area contributed by atoms with Gasteiger partial charge in [0, 0.05) is 16.3 Å². The minimum absolute atomic E-state index is 0.181. The first kappa shape index (κ1) is 17.0. The molecule has 1 aromatic heterocycles. The van der Waals surface area contributed by atoms with Crippen LogP contribution in [-0.4, -0.2) is 44.5 Å². The van der Waals surface area contributed by atoms with Crippen molar-refractivity contribution in [2.24, 2.45) is 5.73 Å².